The largest absolute Gasteiger partial charge is 0.495 e. The van der Waals surface area contributed by atoms with Gasteiger partial charge in [0.05, 0.1) is 18.4 Å². The summed E-state index contributed by atoms with van der Waals surface area (Å²) in [6, 6.07) is 20.1. The molecular weight excluding hydrogens is 412 g/mol. The zero-order chi connectivity index (χ0) is 20.9. The standard InChI is InChI=1S/C21H19ClN2O4S/c1-28-19-12-11-16(22)13-20(19)29(26,27)24-18-10-6-5-9-17(18)21(25)23-14-15-7-3-2-4-8-15/h2-13,24H,14H2,1H3,(H,23,25). The van der Waals surface area contributed by atoms with Gasteiger partial charge in [0.25, 0.3) is 15.9 Å². The van der Waals surface area contributed by atoms with Gasteiger partial charge in [-0.25, -0.2) is 8.42 Å². The van der Waals surface area contributed by atoms with Crippen LogP contribution < -0.4 is 14.8 Å². The summed E-state index contributed by atoms with van der Waals surface area (Å²) >= 11 is 5.95. The number of sulfonamides is 1. The molecule has 150 valence electrons. The van der Waals surface area contributed by atoms with Crippen molar-refractivity contribution in [1.29, 1.82) is 0 Å². The highest BCUT2D eigenvalue weighted by Crippen LogP contribution is 2.29. The van der Waals surface area contributed by atoms with Crippen LogP contribution in [0.5, 0.6) is 5.75 Å². The van der Waals surface area contributed by atoms with Gasteiger partial charge < -0.3 is 10.1 Å². The van der Waals surface area contributed by atoms with E-state index in [-0.39, 0.29) is 26.9 Å². The lowest BCUT2D eigenvalue weighted by Gasteiger charge is -2.15. The van der Waals surface area contributed by atoms with E-state index in [1.807, 2.05) is 30.3 Å². The molecule has 0 aromatic heterocycles. The summed E-state index contributed by atoms with van der Waals surface area (Å²) in [5.41, 5.74) is 1.29. The molecule has 3 aromatic rings. The minimum atomic E-state index is -4.04. The van der Waals surface area contributed by atoms with Gasteiger partial charge in [0.1, 0.15) is 10.6 Å². The topological polar surface area (TPSA) is 84.5 Å². The van der Waals surface area contributed by atoms with Crippen molar-refractivity contribution < 1.29 is 17.9 Å². The van der Waals surface area contributed by atoms with Gasteiger partial charge in [-0.15, -0.1) is 0 Å². The predicted octanol–water partition coefficient (Wildman–Crippen LogP) is 4.08. The summed E-state index contributed by atoms with van der Waals surface area (Å²) in [5, 5.41) is 3.04. The molecule has 0 aliphatic rings. The number of carbonyl (C=O) groups excluding carboxylic acids is 1. The van der Waals surface area contributed by atoms with Crippen molar-refractivity contribution in [1.82, 2.24) is 5.32 Å². The molecule has 3 rings (SSSR count). The Morgan fingerprint density at radius 1 is 1.00 bits per heavy atom. The smallest absolute Gasteiger partial charge is 0.265 e. The van der Waals surface area contributed by atoms with E-state index in [0.29, 0.717) is 6.54 Å². The van der Waals surface area contributed by atoms with Crippen molar-refractivity contribution >= 4 is 33.2 Å². The number of para-hydroxylation sites is 1. The van der Waals surface area contributed by atoms with Crippen molar-refractivity contribution in [3.8, 4) is 5.75 Å². The molecule has 6 nitrogen and oxygen atoms in total. The summed E-state index contributed by atoms with van der Waals surface area (Å²) in [6.07, 6.45) is 0. The summed E-state index contributed by atoms with van der Waals surface area (Å²) < 4.78 is 33.4. The van der Waals surface area contributed by atoms with Crippen molar-refractivity contribution in [2.45, 2.75) is 11.4 Å². The third-order valence-corrected chi connectivity index (χ3v) is 5.75. The van der Waals surface area contributed by atoms with Crippen LogP contribution in [0.3, 0.4) is 0 Å². The highest BCUT2D eigenvalue weighted by atomic mass is 35.5. The minimum absolute atomic E-state index is 0.119. The highest BCUT2D eigenvalue weighted by Gasteiger charge is 2.22. The van der Waals surface area contributed by atoms with Crippen LogP contribution in [-0.4, -0.2) is 21.4 Å². The normalized spacial score (nSPS) is 11.0. The fourth-order valence-corrected chi connectivity index (χ4v) is 4.22. The SMILES string of the molecule is COc1ccc(Cl)cc1S(=O)(=O)Nc1ccccc1C(=O)NCc1ccccc1. The zero-order valence-corrected chi connectivity index (χ0v) is 17.1. The first-order valence-electron chi connectivity index (χ1n) is 8.68. The molecule has 8 heteroatoms. The molecule has 0 fully saturated rings. The quantitative estimate of drug-likeness (QED) is 0.591. The molecule has 2 N–H and O–H groups in total. The van der Waals surface area contributed by atoms with E-state index in [9.17, 15) is 13.2 Å². The highest BCUT2D eigenvalue weighted by molar-refractivity contribution is 7.92. The zero-order valence-electron chi connectivity index (χ0n) is 15.6. The summed E-state index contributed by atoms with van der Waals surface area (Å²) in [5.74, 6) is -0.252. The molecule has 0 saturated heterocycles. The first kappa shape index (κ1) is 20.7. The Morgan fingerprint density at radius 3 is 2.41 bits per heavy atom. The Kier molecular flexibility index (Phi) is 6.41. The Labute approximate surface area is 174 Å². The Morgan fingerprint density at radius 2 is 1.69 bits per heavy atom. The lowest BCUT2D eigenvalue weighted by Crippen LogP contribution is -2.25. The molecule has 0 aliphatic heterocycles. The number of methoxy groups -OCH3 is 1. The monoisotopic (exact) mass is 430 g/mol. The van der Waals surface area contributed by atoms with E-state index >= 15 is 0 Å². The Balaban J connectivity index is 1.85. The maximum atomic E-state index is 12.9. The minimum Gasteiger partial charge on any atom is -0.495 e. The van der Waals surface area contributed by atoms with Crippen molar-refractivity contribution in [2.75, 3.05) is 11.8 Å². The summed E-state index contributed by atoms with van der Waals surface area (Å²) in [7, 11) is -2.67. The maximum Gasteiger partial charge on any atom is 0.265 e. The number of ether oxygens (including phenoxy) is 1. The molecule has 1 amide bonds. The molecule has 0 saturated carbocycles. The molecule has 3 aromatic carbocycles. The van der Waals surface area contributed by atoms with E-state index < -0.39 is 15.9 Å². The fraction of sp³-hybridized carbons (Fsp3) is 0.0952. The fourth-order valence-electron chi connectivity index (χ4n) is 2.70. The summed E-state index contributed by atoms with van der Waals surface area (Å²) in [6.45, 7) is 0.322. The summed E-state index contributed by atoms with van der Waals surface area (Å²) in [4.78, 5) is 12.5. The number of nitrogens with one attached hydrogen (secondary N) is 2. The Bertz CT molecular complexity index is 1120. The number of benzene rings is 3. The van der Waals surface area contributed by atoms with Crippen LogP contribution in [0.15, 0.2) is 77.7 Å². The van der Waals surface area contributed by atoms with E-state index in [4.69, 9.17) is 16.3 Å². The second-order valence-corrected chi connectivity index (χ2v) is 8.20. The molecule has 0 heterocycles. The van der Waals surface area contributed by atoms with E-state index in [1.54, 1.807) is 18.2 Å². The average molecular weight is 431 g/mol. The second-order valence-electron chi connectivity index (χ2n) is 6.11. The number of halogens is 1. The molecule has 0 bridgehead atoms. The lowest BCUT2D eigenvalue weighted by atomic mass is 10.1. The van der Waals surface area contributed by atoms with Gasteiger partial charge in [-0.2, -0.15) is 0 Å². The molecule has 0 spiro atoms. The van der Waals surface area contributed by atoms with Gasteiger partial charge in [-0.1, -0.05) is 54.1 Å². The van der Waals surface area contributed by atoms with Gasteiger partial charge >= 0.3 is 0 Å². The predicted molar refractivity (Wildman–Crippen MR) is 113 cm³/mol. The van der Waals surface area contributed by atoms with Crippen LogP contribution in [0.2, 0.25) is 5.02 Å². The number of hydrogen-bond donors (Lipinski definition) is 2. The van der Waals surface area contributed by atoms with Crippen molar-refractivity contribution in [3.05, 3.63) is 88.9 Å². The van der Waals surface area contributed by atoms with Crippen LogP contribution in [0, 0.1) is 0 Å². The number of rotatable bonds is 7. The molecule has 29 heavy (non-hydrogen) atoms. The number of hydrogen-bond acceptors (Lipinski definition) is 4. The number of anilines is 1. The van der Waals surface area contributed by atoms with Gasteiger partial charge in [0, 0.05) is 11.6 Å². The molecule has 0 atom stereocenters. The lowest BCUT2D eigenvalue weighted by molar-refractivity contribution is 0.0952. The van der Waals surface area contributed by atoms with E-state index in [1.165, 1.54) is 31.4 Å². The van der Waals surface area contributed by atoms with Crippen LogP contribution >= 0.6 is 11.6 Å². The van der Waals surface area contributed by atoms with Crippen LogP contribution in [0.1, 0.15) is 15.9 Å². The van der Waals surface area contributed by atoms with Crippen LogP contribution in [0.25, 0.3) is 0 Å². The Hall–Kier alpha value is -3.03. The van der Waals surface area contributed by atoms with Crippen molar-refractivity contribution in [2.24, 2.45) is 0 Å². The first-order valence-corrected chi connectivity index (χ1v) is 10.5. The number of carbonyl (C=O) groups is 1. The van der Waals surface area contributed by atoms with Gasteiger partial charge in [-0.3, -0.25) is 9.52 Å². The van der Waals surface area contributed by atoms with Gasteiger partial charge in [-0.05, 0) is 35.9 Å². The molecule has 0 aliphatic carbocycles. The third-order valence-electron chi connectivity index (χ3n) is 4.13. The molecular formula is C21H19ClN2O4S. The van der Waals surface area contributed by atoms with Crippen LogP contribution in [0.4, 0.5) is 5.69 Å². The van der Waals surface area contributed by atoms with Crippen LogP contribution in [-0.2, 0) is 16.6 Å². The first-order chi connectivity index (χ1) is 13.9. The van der Waals surface area contributed by atoms with E-state index in [0.717, 1.165) is 5.56 Å². The molecule has 0 radical (unpaired) electrons. The van der Waals surface area contributed by atoms with E-state index in [2.05, 4.69) is 10.0 Å². The third kappa shape index (κ3) is 5.07. The van der Waals surface area contributed by atoms with Gasteiger partial charge in [0.2, 0.25) is 0 Å². The average Bonchev–Trinajstić information content (AvgIpc) is 2.73. The second kappa shape index (κ2) is 8.98. The van der Waals surface area contributed by atoms with Gasteiger partial charge in [0.15, 0.2) is 0 Å². The molecule has 0 unspecified atom stereocenters. The maximum absolute atomic E-state index is 12.9. The number of amides is 1. The van der Waals surface area contributed by atoms with Crippen molar-refractivity contribution in [3.63, 3.8) is 0 Å².